The number of halogens is 2. The summed E-state index contributed by atoms with van der Waals surface area (Å²) < 4.78 is 30.6. The molecule has 3 atom stereocenters. The molecule has 1 aliphatic rings. The lowest BCUT2D eigenvalue weighted by Crippen LogP contribution is -2.54. The fourth-order valence-corrected chi connectivity index (χ4v) is 1.84. The first-order valence-corrected chi connectivity index (χ1v) is 4.15. The Morgan fingerprint density at radius 1 is 1.50 bits per heavy atom. The molecular formula is C8H15F2NO. The first-order valence-electron chi connectivity index (χ1n) is 4.15. The maximum absolute atomic E-state index is 12.7. The van der Waals surface area contributed by atoms with Crippen molar-refractivity contribution >= 4 is 0 Å². The topological polar surface area (TPSA) is 21.3 Å². The van der Waals surface area contributed by atoms with E-state index in [1.54, 1.807) is 14.0 Å². The Labute approximate surface area is 71.3 Å². The summed E-state index contributed by atoms with van der Waals surface area (Å²) >= 11 is 0. The molecule has 1 rings (SSSR count). The fraction of sp³-hybridized carbons (Fsp3) is 1.00. The number of hydrogen-bond donors (Lipinski definition) is 1. The second-order valence-electron chi connectivity index (χ2n) is 3.38. The van der Waals surface area contributed by atoms with Gasteiger partial charge >= 0.3 is 0 Å². The zero-order chi connectivity index (χ0) is 9.35. The number of likely N-dealkylation sites (N-methyl/N-ethyl adjacent to an activating group) is 1. The second kappa shape index (κ2) is 3.26. The summed E-state index contributed by atoms with van der Waals surface area (Å²) in [5, 5.41) is 2.68. The van der Waals surface area contributed by atoms with Crippen molar-refractivity contribution in [2.24, 2.45) is 0 Å². The Hall–Kier alpha value is -0.220. The minimum atomic E-state index is -2.37. The summed E-state index contributed by atoms with van der Waals surface area (Å²) in [6, 6.07) is 0. The molecule has 12 heavy (non-hydrogen) atoms. The number of ether oxygens (including phenoxy) is 1. The predicted octanol–water partition coefficient (Wildman–Crippen LogP) is 1.41. The van der Waals surface area contributed by atoms with E-state index in [4.69, 9.17) is 4.74 Å². The maximum atomic E-state index is 12.7. The quantitative estimate of drug-likeness (QED) is 0.692. The molecule has 72 valence electrons. The number of hydrogen-bond acceptors (Lipinski definition) is 2. The molecule has 0 saturated carbocycles. The van der Waals surface area contributed by atoms with E-state index in [0.29, 0.717) is 6.42 Å². The molecule has 1 heterocycles. The van der Waals surface area contributed by atoms with Crippen LogP contribution in [0.3, 0.4) is 0 Å². The van der Waals surface area contributed by atoms with Crippen molar-refractivity contribution in [1.29, 1.82) is 0 Å². The molecule has 0 radical (unpaired) electrons. The molecule has 0 aromatic carbocycles. The largest absolute Gasteiger partial charge is 0.373 e. The third-order valence-corrected chi connectivity index (χ3v) is 2.64. The van der Waals surface area contributed by atoms with E-state index >= 15 is 0 Å². The standard InChI is InChI=1S/C8H15F2NO/c1-5-4-8(11-3,7(9)10)6(2)12-5/h5-7,11H,4H2,1-3H3. The lowest BCUT2D eigenvalue weighted by atomic mass is 9.91. The van der Waals surface area contributed by atoms with Gasteiger partial charge in [-0.1, -0.05) is 0 Å². The Morgan fingerprint density at radius 3 is 2.25 bits per heavy atom. The van der Waals surface area contributed by atoms with Gasteiger partial charge in [0.2, 0.25) is 0 Å². The summed E-state index contributed by atoms with van der Waals surface area (Å²) in [4.78, 5) is 0. The molecular weight excluding hydrogens is 164 g/mol. The lowest BCUT2D eigenvalue weighted by Gasteiger charge is -2.30. The second-order valence-corrected chi connectivity index (χ2v) is 3.38. The van der Waals surface area contributed by atoms with Crippen molar-refractivity contribution in [2.45, 2.75) is 44.4 Å². The van der Waals surface area contributed by atoms with Crippen molar-refractivity contribution in [3.63, 3.8) is 0 Å². The maximum Gasteiger partial charge on any atom is 0.259 e. The molecule has 0 aliphatic carbocycles. The van der Waals surface area contributed by atoms with Gasteiger partial charge < -0.3 is 10.1 Å². The third-order valence-electron chi connectivity index (χ3n) is 2.64. The van der Waals surface area contributed by atoms with Gasteiger partial charge in [-0.2, -0.15) is 0 Å². The van der Waals surface area contributed by atoms with Crippen LogP contribution in [0.1, 0.15) is 20.3 Å². The van der Waals surface area contributed by atoms with Gasteiger partial charge in [-0.3, -0.25) is 0 Å². The zero-order valence-corrected chi connectivity index (χ0v) is 7.60. The summed E-state index contributed by atoms with van der Waals surface area (Å²) in [6.45, 7) is 3.50. The van der Waals surface area contributed by atoms with Crippen molar-refractivity contribution in [3.8, 4) is 0 Å². The summed E-state index contributed by atoms with van der Waals surface area (Å²) in [5.74, 6) is 0. The Morgan fingerprint density at radius 2 is 2.08 bits per heavy atom. The molecule has 0 aromatic heterocycles. The average Bonchev–Trinajstić information content (AvgIpc) is 2.26. The molecule has 1 saturated heterocycles. The van der Waals surface area contributed by atoms with Crippen LogP contribution >= 0.6 is 0 Å². The van der Waals surface area contributed by atoms with E-state index in [2.05, 4.69) is 5.32 Å². The molecule has 3 unspecified atom stereocenters. The van der Waals surface area contributed by atoms with E-state index in [9.17, 15) is 8.78 Å². The third kappa shape index (κ3) is 1.33. The van der Waals surface area contributed by atoms with Crippen LogP contribution < -0.4 is 5.32 Å². The SMILES string of the molecule is CNC1(C(F)F)CC(C)OC1C. The summed E-state index contributed by atoms with van der Waals surface area (Å²) in [5.41, 5.74) is -1.14. The Bertz CT molecular complexity index is 165. The van der Waals surface area contributed by atoms with Crippen LogP contribution in [0.15, 0.2) is 0 Å². The van der Waals surface area contributed by atoms with Crippen LogP contribution in [0.25, 0.3) is 0 Å². The van der Waals surface area contributed by atoms with Crippen molar-refractivity contribution < 1.29 is 13.5 Å². The van der Waals surface area contributed by atoms with E-state index in [1.807, 2.05) is 6.92 Å². The molecule has 0 bridgehead atoms. The van der Waals surface area contributed by atoms with Gasteiger partial charge in [0.05, 0.1) is 12.2 Å². The van der Waals surface area contributed by atoms with Gasteiger partial charge in [0.1, 0.15) is 5.54 Å². The summed E-state index contributed by atoms with van der Waals surface area (Å²) in [7, 11) is 1.56. The Balaban J connectivity index is 2.79. The first kappa shape index (κ1) is 9.86. The van der Waals surface area contributed by atoms with Crippen molar-refractivity contribution in [3.05, 3.63) is 0 Å². The minimum Gasteiger partial charge on any atom is -0.373 e. The van der Waals surface area contributed by atoms with Gasteiger partial charge in [0.15, 0.2) is 0 Å². The highest BCUT2D eigenvalue weighted by molar-refractivity contribution is 5.01. The monoisotopic (exact) mass is 179 g/mol. The zero-order valence-electron chi connectivity index (χ0n) is 7.60. The number of nitrogens with one attached hydrogen (secondary N) is 1. The molecule has 2 nitrogen and oxygen atoms in total. The van der Waals surface area contributed by atoms with E-state index in [1.165, 1.54) is 0 Å². The van der Waals surface area contributed by atoms with Crippen molar-refractivity contribution in [1.82, 2.24) is 5.32 Å². The van der Waals surface area contributed by atoms with Crippen LogP contribution in [0.5, 0.6) is 0 Å². The molecule has 1 N–H and O–H groups in total. The van der Waals surface area contributed by atoms with Crippen LogP contribution in [-0.4, -0.2) is 31.2 Å². The highest BCUT2D eigenvalue weighted by Gasteiger charge is 2.50. The minimum absolute atomic E-state index is 0.0820. The number of rotatable bonds is 2. The molecule has 0 spiro atoms. The molecule has 0 amide bonds. The Kier molecular flexibility index (Phi) is 2.68. The predicted molar refractivity (Wildman–Crippen MR) is 42.4 cm³/mol. The molecule has 0 aromatic rings. The highest BCUT2D eigenvalue weighted by Crippen LogP contribution is 2.34. The first-order chi connectivity index (χ1) is 5.53. The van der Waals surface area contributed by atoms with E-state index < -0.39 is 18.1 Å². The highest BCUT2D eigenvalue weighted by atomic mass is 19.3. The molecule has 4 heteroatoms. The van der Waals surface area contributed by atoms with Gasteiger partial charge in [0.25, 0.3) is 6.43 Å². The smallest absolute Gasteiger partial charge is 0.259 e. The van der Waals surface area contributed by atoms with E-state index in [-0.39, 0.29) is 6.10 Å². The fourth-order valence-electron chi connectivity index (χ4n) is 1.84. The van der Waals surface area contributed by atoms with Gasteiger partial charge in [0, 0.05) is 0 Å². The number of alkyl halides is 2. The van der Waals surface area contributed by atoms with Crippen LogP contribution in [-0.2, 0) is 4.74 Å². The average molecular weight is 179 g/mol. The molecule has 1 aliphatic heterocycles. The van der Waals surface area contributed by atoms with Crippen LogP contribution in [0.4, 0.5) is 8.78 Å². The lowest BCUT2D eigenvalue weighted by molar-refractivity contribution is -0.0200. The van der Waals surface area contributed by atoms with Gasteiger partial charge in [-0.15, -0.1) is 0 Å². The summed E-state index contributed by atoms with van der Waals surface area (Å²) in [6.07, 6.45) is -2.50. The van der Waals surface area contributed by atoms with Crippen LogP contribution in [0, 0.1) is 0 Å². The van der Waals surface area contributed by atoms with Gasteiger partial charge in [-0.25, -0.2) is 8.78 Å². The molecule has 1 fully saturated rings. The normalized spacial score (nSPS) is 42.5. The van der Waals surface area contributed by atoms with Gasteiger partial charge in [-0.05, 0) is 27.3 Å². The van der Waals surface area contributed by atoms with Crippen molar-refractivity contribution in [2.75, 3.05) is 7.05 Å². The van der Waals surface area contributed by atoms with E-state index in [0.717, 1.165) is 0 Å². The van der Waals surface area contributed by atoms with Crippen LogP contribution in [0.2, 0.25) is 0 Å².